The maximum absolute atomic E-state index is 4.75. The Morgan fingerprint density at radius 1 is 1.18 bits per heavy atom. The van der Waals surface area contributed by atoms with Crippen LogP contribution in [0.4, 0.5) is 0 Å². The number of guanidine groups is 1. The van der Waals surface area contributed by atoms with E-state index in [1.54, 1.807) is 11.3 Å². The van der Waals surface area contributed by atoms with E-state index >= 15 is 0 Å². The van der Waals surface area contributed by atoms with Crippen LogP contribution in [0.3, 0.4) is 0 Å². The van der Waals surface area contributed by atoms with Crippen LogP contribution in [-0.2, 0) is 13.0 Å². The van der Waals surface area contributed by atoms with Gasteiger partial charge in [-0.25, -0.2) is 9.98 Å². The predicted octanol–water partition coefficient (Wildman–Crippen LogP) is 4.22. The van der Waals surface area contributed by atoms with Crippen molar-refractivity contribution in [2.24, 2.45) is 4.99 Å². The SMILES string of the molecule is CCNC(=NCc1ncc(CC)s1)NCC(c1ccccc1)N1CCCC1.I. The first-order chi connectivity index (χ1) is 13.3. The molecule has 154 valence electrons. The summed E-state index contributed by atoms with van der Waals surface area (Å²) in [7, 11) is 0. The third kappa shape index (κ3) is 6.70. The fraction of sp³-hybridized carbons (Fsp3) is 0.524. The molecule has 7 heteroatoms. The lowest BCUT2D eigenvalue weighted by Gasteiger charge is -2.29. The van der Waals surface area contributed by atoms with Crippen LogP contribution in [0, 0.1) is 0 Å². The second kappa shape index (κ2) is 12.4. The van der Waals surface area contributed by atoms with E-state index in [4.69, 9.17) is 4.99 Å². The van der Waals surface area contributed by atoms with Gasteiger partial charge in [-0.3, -0.25) is 4.90 Å². The molecule has 1 saturated heterocycles. The summed E-state index contributed by atoms with van der Waals surface area (Å²) >= 11 is 1.75. The zero-order chi connectivity index (χ0) is 18.9. The molecule has 2 aromatic rings. The van der Waals surface area contributed by atoms with Crippen molar-refractivity contribution in [2.75, 3.05) is 26.2 Å². The number of hydrogen-bond acceptors (Lipinski definition) is 4. The Morgan fingerprint density at radius 2 is 1.93 bits per heavy atom. The van der Waals surface area contributed by atoms with Crippen LogP contribution in [0.5, 0.6) is 0 Å². The van der Waals surface area contributed by atoms with Gasteiger partial charge in [-0.05, 0) is 44.8 Å². The lowest BCUT2D eigenvalue weighted by molar-refractivity contribution is 0.245. The Hall–Kier alpha value is -1.19. The normalized spacial score (nSPS) is 15.9. The standard InChI is InChI=1S/C21H31N5S.HI/c1-3-18-14-23-20(27-18)16-25-21(22-4-2)24-15-19(26-12-8-9-13-26)17-10-6-5-7-11-17;/h5-7,10-11,14,19H,3-4,8-9,12-13,15-16H2,1-2H3,(H2,22,24,25);1H. The number of hydrogen-bond donors (Lipinski definition) is 2. The van der Waals surface area contributed by atoms with Gasteiger partial charge in [0.15, 0.2) is 5.96 Å². The summed E-state index contributed by atoms with van der Waals surface area (Å²) in [5.74, 6) is 0.867. The number of rotatable bonds is 8. The molecule has 28 heavy (non-hydrogen) atoms. The second-order valence-electron chi connectivity index (χ2n) is 6.82. The van der Waals surface area contributed by atoms with Crippen molar-refractivity contribution in [1.29, 1.82) is 0 Å². The molecule has 2 N–H and O–H groups in total. The van der Waals surface area contributed by atoms with Gasteiger partial charge in [0.05, 0.1) is 12.6 Å². The van der Waals surface area contributed by atoms with Crippen molar-refractivity contribution < 1.29 is 0 Å². The van der Waals surface area contributed by atoms with Crippen LogP contribution < -0.4 is 10.6 Å². The molecule has 0 radical (unpaired) electrons. The van der Waals surface area contributed by atoms with Crippen molar-refractivity contribution in [3.63, 3.8) is 0 Å². The zero-order valence-corrected chi connectivity index (χ0v) is 20.0. The number of aromatic nitrogens is 1. The summed E-state index contributed by atoms with van der Waals surface area (Å²) in [4.78, 5) is 13.1. The van der Waals surface area contributed by atoms with Crippen LogP contribution in [0.1, 0.15) is 48.2 Å². The first kappa shape index (κ1) is 23.1. The largest absolute Gasteiger partial charge is 0.357 e. The van der Waals surface area contributed by atoms with Gasteiger partial charge in [0.2, 0.25) is 0 Å². The molecule has 1 atom stereocenters. The van der Waals surface area contributed by atoms with Gasteiger partial charge in [0, 0.05) is 24.2 Å². The van der Waals surface area contributed by atoms with Crippen LogP contribution in [0.25, 0.3) is 0 Å². The van der Waals surface area contributed by atoms with Crippen LogP contribution in [0.15, 0.2) is 41.5 Å². The van der Waals surface area contributed by atoms with E-state index in [1.807, 2.05) is 6.20 Å². The summed E-state index contributed by atoms with van der Waals surface area (Å²) in [6.07, 6.45) is 5.59. The van der Waals surface area contributed by atoms with Gasteiger partial charge in [-0.15, -0.1) is 35.3 Å². The highest BCUT2D eigenvalue weighted by Gasteiger charge is 2.23. The minimum Gasteiger partial charge on any atom is -0.357 e. The van der Waals surface area contributed by atoms with E-state index in [2.05, 4.69) is 64.7 Å². The Balaban J connectivity index is 0.00000280. The third-order valence-electron chi connectivity index (χ3n) is 4.90. The molecule has 1 fully saturated rings. The number of halogens is 1. The molecule has 3 rings (SSSR count). The summed E-state index contributed by atoms with van der Waals surface area (Å²) < 4.78 is 0. The smallest absolute Gasteiger partial charge is 0.191 e. The molecule has 1 aliphatic heterocycles. The number of thiazole rings is 1. The van der Waals surface area contributed by atoms with Crippen molar-refractivity contribution >= 4 is 41.3 Å². The van der Waals surface area contributed by atoms with Gasteiger partial charge in [-0.2, -0.15) is 0 Å². The quantitative estimate of drug-likeness (QED) is 0.316. The van der Waals surface area contributed by atoms with E-state index in [0.717, 1.165) is 30.5 Å². The number of likely N-dealkylation sites (tertiary alicyclic amines) is 1. The highest BCUT2D eigenvalue weighted by atomic mass is 127. The molecule has 0 bridgehead atoms. The van der Waals surface area contributed by atoms with E-state index < -0.39 is 0 Å². The van der Waals surface area contributed by atoms with E-state index in [9.17, 15) is 0 Å². The minimum absolute atomic E-state index is 0. The maximum atomic E-state index is 4.75. The average Bonchev–Trinajstić information content (AvgIpc) is 3.39. The van der Waals surface area contributed by atoms with Crippen LogP contribution in [0.2, 0.25) is 0 Å². The Kier molecular flexibility index (Phi) is 10.2. The number of aryl methyl sites for hydroxylation is 1. The fourth-order valence-electron chi connectivity index (χ4n) is 3.45. The summed E-state index contributed by atoms with van der Waals surface area (Å²) in [5.41, 5.74) is 1.37. The molecule has 1 unspecified atom stereocenters. The lowest BCUT2D eigenvalue weighted by atomic mass is 10.1. The number of nitrogens with zero attached hydrogens (tertiary/aromatic N) is 3. The van der Waals surface area contributed by atoms with Crippen molar-refractivity contribution in [2.45, 2.75) is 45.7 Å². The average molecular weight is 513 g/mol. The molecule has 0 amide bonds. The first-order valence-electron chi connectivity index (χ1n) is 10.0. The monoisotopic (exact) mass is 513 g/mol. The molecule has 1 aromatic carbocycles. The van der Waals surface area contributed by atoms with Gasteiger partial charge in [0.25, 0.3) is 0 Å². The number of nitrogens with one attached hydrogen (secondary N) is 2. The Morgan fingerprint density at radius 3 is 2.57 bits per heavy atom. The highest BCUT2D eigenvalue weighted by molar-refractivity contribution is 14.0. The first-order valence-corrected chi connectivity index (χ1v) is 10.9. The lowest BCUT2D eigenvalue weighted by Crippen LogP contribution is -2.42. The van der Waals surface area contributed by atoms with Gasteiger partial charge >= 0.3 is 0 Å². The minimum atomic E-state index is 0. The Bertz CT molecular complexity index is 713. The maximum Gasteiger partial charge on any atom is 0.191 e. The zero-order valence-electron chi connectivity index (χ0n) is 16.9. The third-order valence-corrected chi connectivity index (χ3v) is 6.02. The molecular weight excluding hydrogens is 481 g/mol. The molecule has 2 heterocycles. The van der Waals surface area contributed by atoms with Gasteiger partial charge in [-0.1, -0.05) is 37.3 Å². The molecule has 0 spiro atoms. The summed E-state index contributed by atoms with van der Waals surface area (Å²) in [6, 6.07) is 11.2. The topological polar surface area (TPSA) is 52.6 Å². The van der Waals surface area contributed by atoms with Crippen LogP contribution in [-0.4, -0.2) is 42.0 Å². The van der Waals surface area contributed by atoms with Crippen molar-refractivity contribution in [3.8, 4) is 0 Å². The molecule has 0 saturated carbocycles. The number of aliphatic imine (C=N–C) groups is 1. The van der Waals surface area contributed by atoms with Crippen molar-refractivity contribution in [1.82, 2.24) is 20.5 Å². The van der Waals surface area contributed by atoms with Crippen molar-refractivity contribution in [3.05, 3.63) is 52.0 Å². The second-order valence-corrected chi connectivity index (χ2v) is 8.02. The van der Waals surface area contributed by atoms with Gasteiger partial charge in [0.1, 0.15) is 5.01 Å². The van der Waals surface area contributed by atoms with Gasteiger partial charge < -0.3 is 10.6 Å². The number of benzene rings is 1. The van der Waals surface area contributed by atoms with E-state index in [0.29, 0.717) is 12.6 Å². The van der Waals surface area contributed by atoms with E-state index in [1.165, 1.54) is 36.4 Å². The predicted molar refractivity (Wildman–Crippen MR) is 130 cm³/mol. The highest BCUT2D eigenvalue weighted by Crippen LogP contribution is 2.24. The molecule has 1 aliphatic rings. The summed E-state index contributed by atoms with van der Waals surface area (Å²) in [6.45, 7) is 8.94. The van der Waals surface area contributed by atoms with E-state index in [-0.39, 0.29) is 24.0 Å². The molecule has 5 nitrogen and oxygen atoms in total. The fourth-order valence-corrected chi connectivity index (χ4v) is 4.24. The molecule has 0 aliphatic carbocycles. The van der Waals surface area contributed by atoms with Crippen LogP contribution >= 0.6 is 35.3 Å². The summed E-state index contributed by atoms with van der Waals surface area (Å²) in [5, 5.41) is 8.00. The molecule has 1 aromatic heterocycles. The molecular formula is C21H32IN5S. The Labute approximate surface area is 190 Å².